The van der Waals surface area contributed by atoms with Gasteiger partial charge in [0.15, 0.2) is 0 Å². The normalized spacial score (nSPS) is 22.2. The van der Waals surface area contributed by atoms with Crippen molar-refractivity contribution in [2.75, 3.05) is 13.2 Å². The Morgan fingerprint density at radius 1 is 1.50 bits per heavy atom. The third-order valence-electron chi connectivity index (χ3n) is 3.32. The second-order valence-corrected chi connectivity index (χ2v) is 4.72. The quantitative estimate of drug-likeness (QED) is 0.844. The third-order valence-corrected chi connectivity index (χ3v) is 3.32. The van der Waals surface area contributed by atoms with Crippen LogP contribution in [0.5, 0.6) is 0 Å². The first-order chi connectivity index (χ1) is 7.75. The average molecular weight is 220 g/mol. The van der Waals surface area contributed by atoms with Gasteiger partial charge in [0, 0.05) is 12.5 Å². The maximum atomic E-state index is 10.00. The van der Waals surface area contributed by atoms with E-state index in [1.54, 1.807) is 0 Å². The third kappa shape index (κ3) is 3.06. The van der Waals surface area contributed by atoms with Crippen LogP contribution in [-0.2, 0) is 11.2 Å². The summed E-state index contributed by atoms with van der Waals surface area (Å²) in [6.45, 7) is 3.64. The van der Waals surface area contributed by atoms with Crippen LogP contribution in [0.2, 0.25) is 0 Å². The van der Waals surface area contributed by atoms with Gasteiger partial charge in [0.05, 0.1) is 12.7 Å². The van der Waals surface area contributed by atoms with Gasteiger partial charge in [-0.3, -0.25) is 0 Å². The van der Waals surface area contributed by atoms with Gasteiger partial charge in [0.2, 0.25) is 0 Å². The van der Waals surface area contributed by atoms with Crippen molar-refractivity contribution in [2.45, 2.75) is 32.3 Å². The van der Waals surface area contributed by atoms with Gasteiger partial charge in [0.25, 0.3) is 0 Å². The van der Waals surface area contributed by atoms with Crippen molar-refractivity contribution in [1.29, 1.82) is 0 Å². The smallest absolute Gasteiger partial charge is 0.0594 e. The van der Waals surface area contributed by atoms with Gasteiger partial charge in [-0.05, 0) is 31.7 Å². The maximum absolute atomic E-state index is 10.00. The minimum absolute atomic E-state index is 0.206. The summed E-state index contributed by atoms with van der Waals surface area (Å²) >= 11 is 0. The van der Waals surface area contributed by atoms with Crippen molar-refractivity contribution < 1.29 is 9.84 Å². The first kappa shape index (κ1) is 11.6. The highest BCUT2D eigenvalue weighted by molar-refractivity contribution is 5.22. The highest BCUT2D eigenvalue weighted by Gasteiger charge is 2.23. The van der Waals surface area contributed by atoms with Crippen LogP contribution in [0.4, 0.5) is 0 Å². The predicted molar refractivity (Wildman–Crippen MR) is 64.4 cm³/mol. The molecule has 2 unspecified atom stereocenters. The van der Waals surface area contributed by atoms with E-state index in [2.05, 4.69) is 31.2 Å². The SMILES string of the molecule is Cc1cccc(CCC(O)C2CCOC2)c1. The van der Waals surface area contributed by atoms with E-state index in [9.17, 15) is 5.11 Å². The summed E-state index contributed by atoms with van der Waals surface area (Å²) in [6.07, 6.45) is 2.61. The molecule has 2 rings (SSSR count). The van der Waals surface area contributed by atoms with Gasteiger partial charge < -0.3 is 9.84 Å². The zero-order valence-corrected chi connectivity index (χ0v) is 9.86. The maximum Gasteiger partial charge on any atom is 0.0594 e. The van der Waals surface area contributed by atoms with Gasteiger partial charge in [-0.15, -0.1) is 0 Å². The molecule has 1 fully saturated rings. The average Bonchev–Trinajstić information content (AvgIpc) is 2.79. The molecule has 16 heavy (non-hydrogen) atoms. The number of aryl methyl sites for hydroxylation is 2. The number of hydrogen-bond donors (Lipinski definition) is 1. The fourth-order valence-electron chi connectivity index (χ4n) is 2.27. The number of aliphatic hydroxyl groups excluding tert-OH is 1. The highest BCUT2D eigenvalue weighted by atomic mass is 16.5. The molecule has 1 heterocycles. The predicted octanol–water partition coefficient (Wildman–Crippen LogP) is 2.33. The summed E-state index contributed by atoms with van der Waals surface area (Å²) in [7, 11) is 0. The second-order valence-electron chi connectivity index (χ2n) is 4.72. The molecule has 0 radical (unpaired) electrons. The highest BCUT2D eigenvalue weighted by Crippen LogP contribution is 2.20. The van der Waals surface area contributed by atoms with Crippen molar-refractivity contribution in [1.82, 2.24) is 0 Å². The molecule has 0 aromatic heterocycles. The van der Waals surface area contributed by atoms with Gasteiger partial charge in [-0.25, -0.2) is 0 Å². The van der Waals surface area contributed by atoms with E-state index in [1.165, 1.54) is 11.1 Å². The largest absolute Gasteiger partial charge is 0.393 e. The van der Waals surface area contributed by atoms with Gasteiger partial charge >= 0.3 is 0 Å². The molecule has 0 spiro atoms. The fourth-order valence-corrected chi connectivity index (χ4v) is 2.27. The van der Waals surface area contributed by atoms with Crippen molar-refractivity contribution in [3.8, 4) is 0 Å². The topological polar surface area (TPSA) is 29.5 Å². The summed E-state index contributed by atoms with van der Waals surface area (Å²) in [5.74, 6) is 0.352. The zero-order valence-electron chi connectivity index (χ0n) is 9.86. The van der Waals surface area contributed by atoms with Crippen molar-refractivity contribution in [3.63, 3.8) is 0 Å². The summed E-state index contributed by atoms with van der Waals surface area (Å²) in [5, 5.41) is 10.00. The lowest BCUT2D eigenvalue weighted by Gasteiger charge is -2.16. The second kappa shape index (κ2) is 5.46. The molecular formula is C14H20O2. The lowest BCUT2D eigenvalue weighted by atomic mass is 9.95. The molecule has 1 aliphatic rings. The summed E-state index contributed by atoms with van der Waals surface area (Å²) in [4.78, 5) is 0. The first-order valence-corrected chi connectivity index (χ1v) is 6.07. The van der Waals surface area contributed by atoms with Crippen LogP contribution in [-0.4, -0.2) is 24.4 Å². The van der Waals surface area contributed by atoms with E-state index in [-0.39, 0.29) is 6.10 Å². The molecule has 2 nitrogen and oxygen atoms in total. The number of aliphatic hydroxyl groups is 1. The molecule has 1 N–H and O–H groups in total. The molecular weight excluding hydrogens is 200 g/mol. The summed E-state index contributed by atoms with van der Waals surface area (Å²) in [5.41, 5.74) is 2.61. The van der Waals surface area contributed by atoms with Crippen LogP contribution in [0.25, 0.3) is 0 Å². The van der Waals surface area contributed by atoms with Crippen molar-refractivity contribution >= 4 is 0 Å². The van der Waals surface area contributed by atoms with E-state index in [0.717, 1.165) is 32.5 Å². The van der Waals surface area contributed by atoms with Crippen LogP contribution >= 0.6 is 0 Å². The lowest BCUT2D eigenvalue weighted by Crippen LogP contribution is -2.21. The fraction of sp³-hybridized carbons (Fsp3) is 0.571. The Morgan fingerprint density at radius 2 is 2.38 bits per heavy atom. The Balaban J connectivity index is 1.82. The standard InChI is InChI=1S/C14H20O2/c1-11-3-2-4-12(9-11)5-6-14(15)13-7-8-16-10-13/h2-4,9,13-15H,5-8,10H2,1H3. The van der Waals surface area contributed by atoms with Crippen LogP contribution < -0.4 is 0 Å². The number of rotatable bonds is 4. The van der Waals surface area contributed by atoms with Crippen LogP contribution in [0.3, 0.4) is 0 Å². The minimum Gasteiger partial charge on any atom is -0.393 e. The van der Waals surface area contributed by atoms with Gasteiger partial charge in [-0.1, -0.05) is 29.8 Å². The molecule has 88 valence electrons. The monoisotopic (exact) mass is 220 g/mol. The Kier molecular flexibility index (Phi) is 3.97. The van der Waals surface area contributed by atoms with Crippen LogP contribution in [0.15, 0.2) is 24.3 Å². The molecule has 1 saturated heterocycles. The molecule has 0 amide bonds. The lowest BCUT2D eigenvalue weighted by molar-refractivity contribution is 0.0850. The Hall–Kier alpha value is -0.860. The molecule has 0 saturated carbocycles. The zero-order chi connectivity index (χ0) is 11.4. The minimum atomic E-state index is -0.206. The number of benzene rings is 1. The first-order valence-electron chi connectivity index (χ1n) is 6.07. The van der Waals surface area contributed by atoms with Crippen molar-refractivity contribution in [3.05, 3.63) is 35.4 Å². The number of ether oxygens (including phenoxy) is 1. The van der Waals surface area contributed by atoms with E-state index < -0.39 is 0 Å². The Bertz CT molecular complexity index is 329. The molecule has 1 aromatic carbocycles. The summed E-state index contributed by atoms with van der Waals surface area (Å²) < 4.78 is 5.29. The van der Waals surface area contributed by atoms with E-state index in [4.69, 9.17) is 4.74 Å². The van der Waals surface area contributed by atoms with E-state index in [1.807, 2.05) is 0 Å². The van der Waals surface area contributed by atoms with Crippen LogP contribution in [0, 0.1) is 12.8 Å². The van der Waals surface area contributed by atoms with Crippen molar-refractivity contribution in [2.24, 2.45) is 5.92 Å². The van der Waals surface area contributed by atoms with Crippen LogP contribution in [0.1, 0.15) is 24.0 Å². The molecule has 2 heteroatoms. The molecule has 2 atom stereocenters. The van der Waals surface area contributed by atoms with E-state index in [0.29, 0.717) is 5.92 Å². The number of hydrogen-bond acceptors (Lipinski definition) is 2. The molecule has 0 bridgehead atoms. The Morgan fingerprint density at radius 3 is 3.06 bits per heavy atom. The van der Waals surface area contributed by atoms with Gasteiger partial charge in [0.1, 0.15) is 0 Å². The molecule has 0 aliphatic carbocycles. The Labute approximate surface area is 97.3 Å². The molecule has 1 aliphatic heterocycles. The van der Waals surface area contributed by atoms with E-state index >= 15 is 0 Å². The van der Waals surface area contributed by atoms with Gasteiger partial charge in [-0.2, -0.15) is 0 Å². The molecule has 1 aromatic rings. The summed E-state index contributed by atoms with van der Waals surface area (Å²) in [6, 6.07) is 8.50.